The molecule has 1 unspecified atom stereocenters. The summed E-state index contributed by atoms with van der Waals surface area (Å²) >= 11 is 5.76. The highest BCUT2D eigenvalue weighted by atomic mass is 35.5. The van der Waals surface area contributed by atoms with Crippen molar-refractivity contribution in [2.75, 3.05) is 6.61 Å². The lowest BCUT2D eigenvalue weighted by Gasteiger charge is -2.29. The number of hydrogen-bond acceptors (Lipinski definition) is 3. The van der Waals surface area contributed by atoms with Crippen molar-refractivity contribution in [2.45, 2.75) is 17.4 Å². The van der Waals surface area contributed by atoms with Gasteiger partial charge in [-0.2, -0.15) is 4.72 Å². The van der Waals surface area contributed by atoms with Crippen molar-refractivity contribution in [3.05, 3.63) is 65.2 Å². The molecule has 0 aliphatic rings. The van der Waals surface area contributed by atoms with Crippen molar-refractivity contribution in [3.63, 3.8) is 0 Å². The van der Waals surface area contributed by atoms with E-state index in [-0.39, 0.29) is 11.5 Å². The molecule has 0 amide bonds. The molecule has 0 saturated carbocycles. The first-order valence-electron chi connectivity index (χ1n) is 6.33. The van der Waals surface area contributed by atoms with Gasteiger partial charge in [-0.3, -0.25) is 0 Å². The topological polar surface area (TPSA) is 66.4 Å². The average molecular weight is 326 g/mol. The molecule has 0 bridgehead atoms. The summed E-state index contributed by atoms with van der Waals surface area (Å²) in [6.07, 6.45) is 0. The molecule has 4 nitrogen and oxygen atoms in total. The monoisotopic (exact) mass is 325 g/mol. The Kier molecular flexibility index (Phi) is 4.68. The van der Waals surface area contributed by atoms with Crippen LogP contribution in [0.3, 0.4) is 0 Å². The van der Waals surface area contributed by atoms with Crippen molar-refractivity contribution in [3.8, 4) is 0 Å². The molecule has 0 heterocycles. The van der Waals surface area contributed by atoms with Crippen LogP contribution in [0.4, 0.5) is 0 Å². The number of aliphatic hydroxyl groups is 1. The highest BCUT2D eigenvalue weighted by Gasteiger charge is 2.31. The van der Waals surface area contributed by atoms with E-state index in [9.17, 15) is 13.5 Å². The second kappa shape index (κ2) is 6.15. The number of rotatable bonds is 5. The Morgan fingerprint density at radius 1 is 1.10 bits per heavy atom. The average Bonchev–Trinajstić information content (AvgIpc) is 2.48. The Labute approximate surface area is 129 Å². The minimum absolute atomic E-state index is 0.0995. The maximum atomic E-state index is 12.4. The lowest BCUT2D eigenvalue weighted by Crippen LogP contribution is -2.46. The first-order valence-corrected chi connectivity index (χ1v) is 8.19. The maximum absolute atomic E-state index is 12.4. The third-order valence-electron chi connectivity index (χ3n) is 3.21. The molecule has 2 rings (SSSR count). The molecule has 1 atom stereocenters. The smallest absolute Gasteiger partial charge is 0.241 e. The predicted molar refractivity (Wildman–Crippen MR) is 82.7 cm³/mol. The highest BCUT2D eigenvalue weighted by Crippen LogP contribution is 2.23. The lowest BCUT2D eigenvalue weighted by molar-refractivity contribution is 0.196. The van der Waals surface area contributed by atoms with E-state index in [1.165, 1.54) is 24.3 Å². The van der Waals surface area contributed by atoms with Gasteiger partial charge in [0.15, 0.2) is 0 Å². The Bertz CT molecular complexity index is 701. The van der Waals surface area contributed by atoms with Gasteiger partial charge in [-0.1, -0.05) is 41.9 Å². The molecule has 2 aromatic rings. The van der Waals surface area contributed by atoms with E-state index >= 15 is 0 Å². The summed E-state index contributed by atoms with van der Waals surface area (Å²) in [7, 11) is -3.76. The van der Waals surface area contributed by atoms with Gasteiger partial charge < -0.3 is 5.11 Å². The normalized spacial score (nSPS) is 14.6. The van der Waals surface area contributed by atoms with Gasteiger partial charge in [0, 0.05) is 5.02 Å². The summed E-state index contributed by atoms with van der Waals surface area (Å²) in [4.78, 5) is 0.0995. The van der Waals surface area contributed by atoms with E-state index in [0.717, 1.165) is 0 Å². The van der Waals surface area contributed by atoms with Crippen LogP contribution in [0.25, 0.3) is 0 Å². The van der Waals surface area contributed by atoms with E-state index in [4.69, 9.17) is 11.6 Å². The number of hydrogen-bond donors (Lipinski definition) is 2. The Hall–Kier alpha value is -1.40. The number of benzene rings is 2. The molecule has 21 heavy (non-hydrogen) atoms. The van der Waals surface area contributed by atoms with E-state index in [2.05, 4.69) is 4.72 Å². The van der Waals surface area contributed by atoms with Crippen LogP contribution in [-0.4, -0.2) is 20.1 Å². The largest absolute Gasteiger partial charge is 0.394 e. The molecule has 0 fully saturated rings. The van der Waals surface area contributed by atoms with E-state index in [0.29, 0.717) is 10.6 Å². The van der Waals surface area contributed by atoms with Crippen LogP contribution in [0, 0.1) is 0 Å². The molecular weight excluding hydrogens is 310 g/mol. The standard InChI is InChI=1S/C15H16ClNO3S/c1-15(11-18,12-5-3-2-4-6-12)17-21(19,20)14-9-7-13(16)8-10-14/h2-10,17-18H,11H2,1H3. The minimum atomic E-state index is -3.76. The molecule has 0 radical (unpaired) electrons. The minimum Gasteiger partial charge on any atom is -0.394 e. The molecule has 2 aromatic carbocycles. The Balaban J connectivity index is 2.35. The first-order chi connectivity index (χ1) is 9.87. The van der Waals surface area contributed by atoms with Crippen molar-refractivity contribution in [2.24, 2.45) is 0 Å². The van der Waals surface area contributed by atoms with Gasteiger partial charge in [-0.25, -0.2) is 8.42 Å². The van der Waals surface area contributed by atoms with Gasteiger partial charge in [0.05, 0.1) is 17.0 Å². The van der Waals surface area contributed by atoms with Crippen molar-refractivity contribution >= 4 is 21.6 Å². The van der Waals surface area contributed by atoms with Crippen LogP contribution in [0.15, 0.2) is 59.5 Å². The molecule has 112 valence electrons. The van der Waals surface area contributed by atoms with Crippen LogP contribution in [0.1, 0.15) is 12.5 Å². The summed E-state index contributed by atoms with van der Waals surface area (Å²) < 4.78 is 27.4. The summed E-state index contributed by atoms with van der Waals surface area (Å²) in [5.74, 6) is 0. The van der Waals surface area contributed by atoms with Crippen LogP contribution in [-0.2, 0) is 15.6 Å². The second-order valence-electron chi connectivity index (χ2n) is 4.92. The fraction of sp³-hybridized carbons (Fsp3) is 0.200. The highest BCUT2D eigenvalue weighted by molar-refractivity contribution is 7.89. The lowest BCUT2D eigenvalue weighted by atomic mass is 9.94. The molecule has 6 heteroatoms. The summed E-state index contributed by atoms with van der Waals surface area (Å²) in [6, 6.07) is 14.8. The Morgan fingerprint density at radius 2 is 1.67 bits per heavy atom. The van der Waals surface area contributed by atoms with Gasteiger partial charge in [0.25, 0.3) is 0 Å². The fourth-order valence-corrected chi connectivity index (χ4v) is 3.47. The summed E-state index contributed by atoms with van der Waals surface area (Å²) in [5.41, 5.74) is -0.412. The Morgan fingerprint density at radius 3 is 2.19 bits per heavy atom. The third kappa shape index (κ3) is 3.63. The van der Waals surface area contributed by atoms with E-state index < -0.39 is 15.6 Å². The van der Waals surface area contributed by atoms with E-state index in [1.807, 2.05) is 6.07 Å². The number of nitrogens with one attached hydrogen (secondary N) is 1. The fourth-order valence-electron chi connectivity index (χ4n) is 1.96. The number of sulfonamides is 1. The SMILES string of the molecule is CC(CO)(NS(=O)(=O)c1ccc(Cl)cc1)c1ccccc1. The summed E-state index contributed by atoms with van der Waals surface area (Å²) in [6.45, 7) is 1.28. The molecule has 0 aromatic heterocycles. The molecule has 0 aliphatic heterocycles. The second-order valence-corrected chi connectivity index (χ2v) is 7.03. The van der Waals surface area contributed by atoms with Gasteiger partial charge in [0.2, 0.25) is 10.0 Å². The molecule has 2 N–H and O–H groups in total. The molecule has 0 aliphatic carbocycles. The van der Waals surface area contributed by atoms with Gasteiger partial charge in [0.1, 0.15) is 0 Å². The summed E-state index contributed by atoms with van der Waals surface area (Å²) in [5, 5.41) is 10.1. The van der Waals surface area contributed by atoms with Crippen LogP contribution >= 0.6 is 11.6 Å². The van der Waals surface area contributed by atoms with Crippen LogP contribution in [0.5, 0.6) is 0 Å². The van der Waals surface area contributed by atoms with Gasteiger partial charge >= 0.3 is 0 Å². The molecular formula is C15H16ClNO3S. The maximum Gasteiger partial charge on any atom is 0.241 e. The molecule has 0 saturated heterocycles. The number of aliphatic hydroxyl groups excluding tert-OH is 1. The molecule has 0 spiro atoms. The third-order valence-corrected chi connectivity index (χ3v) is 5.07. The van der Waals surface area contributed by atoms with Gasteiger partial charge in [-0.15, -0.1) is 0 Å². The predicted octanol–water partition coefficient (Wildman–Crippen LogP) is 2.53. The zero-order valence-corrected chi connectivity index (χ0v) is 13.0. The zero-order valence-electron chi connectivity index (χ0n) is 11.5. The van der Waals surface area contributed by atoms with Crippen LogP contribution < -0.4 is 4.72 Å². The number of halogens is 1. The van der Waals surface area contributed by atoms with Crippen molar-refractivity contribution in [1.82, 2.24) is 4.72 Å². The van der Waals surface area contributed by atoms with Gasteiger partial charge in [-0.05, 0) is 36.8 Å². The van der Waals surface area contributed by atoms with Crippen molar-refractivity contribution < 1.29 is 13.5 Å². The quantitative estimate of drug-likeness (QED) is 0.887. The zero-order chi connectivity index (χ0) is 15.5. The van der Waals surface area contributed by atoms with Crippen LogP contribution in [0.2, 0.25) is 5.02 Å². The first kappa shape index (κ1) is 16.0. The van der Waals surface area contributed by atoms with Crippen molar-refractivity contribution in [1.29, 1.82) is 0 Å². The van der Waals surface area contributed by atoms with E-state index in [1.54, 1.807) is 31.2 Å².